The van der Waals surface area contributed by atoms with Crippen LogP contribution in [0.15, 0.2) is 30.3 Å². The fourth-order valence-corrected chi connectivity index (χ4v) is 3.01. The first kappa shape index (κ1) is 13.7. The second kappa shape index (κ2) is 5.04. The molecule has 0 N–H and O–H groups in total. The zero-order chi connectivity index (χ0) is 14.4. The average Bonchev–Trinajstić information content (AvgIpc) is 3.18. The lowest BCUT2D eigenvalue weighted by Gasteiger charge is -2.25. The third-order valence-corrected chi connectivity index (χ3v) is 4.04. The quantitative estimate of drug-likeness (QED) is 0.793. The molecule has 0 aliphatic carbocycles. The van der Waals surface area contributed by atoms with Crippen LogP contribution in [-0.2, 0) is 30.3 Å². The van der Waals surface area contributed by atoms with Gasteiger partial charge < -0.3 is 23.7 Å². The van der Waals surface area contributed by atoms with Crippen LogP contribution in [-0.4, -0.2) is 43.1 Å². The van der Waals surface area contributed by atoms with Crippen molar-refractivity contribution in [2.24, 2.45) is 0 Å². The van der Waals surface area contributed by atoms with Crippen molar-refractivity contribution in [1.29, 1.82) is 0 Å². The van der Waals surface area contributed by atoms with E-state index in [1.165, 1.54) is 0 Å². The monoisotopic (exact) mass is 292 g/mol. The van der Waals surface area contributed by atoms with Crippen molar-refractivity contribution in [2.75, 3.05) is 6.61 Å². The van der Waals surface area contributed by atoms with Crippen molar-refractivity contribution in [3.05, 3.63) is 35.9 Å². The zero-order valence-electron chi connectivity index (χ0n) is 12.2. The second-order valence-electron chi connectivity index (χ2n) is 6.20. The molecule has 5 nitrogen and oxygen atoms in total. The van der Waals surface area contributed by atoms with Gasteiger partial charge in [-0.15, -0.1) is 0 Å². The molecule has 114 valence electrons. The lowest BCUT2D eigenvalue weighted by atomic mass is 10.1. The van der Waals surface area contributed by atoms with Crippen molar-refractivity contribution in [2.45, 2.75) is 56.9 Å². The number of fused-ring (bicyclic) bond motifs is 1. The Kier molecular flexibility index (Phi) is 3.28. The Morgan fingerprint density at radius 1 is 1.14 bits per heavy atom. The lowest BCUT2D eigenvalue weighted by molar-refractivity contribution is -0.221. The summed E-state index contributed by atoms with van der Waals surface area (Å²) in [5.74, 6) is -0.626. The highest BCUT2D eigenvalue weighted by atomic mass is 16.8. The van der Waals surface area contributed by atoms with Crippen LogP contribution < -0.4 is 0 Å². The first-order valence-corrected chi connectivity index (χ1v) is 7.41. The van der Waals surface area contributed by atoms with Gasteiger partial charge in [0.25, 0.3) is 0 Å². The van der Waals surface area contributed by atoms with E-state index in [1.54, 1.807) is 0 Å². The van der Waals surface area contributed by atoms with E-state index in [-0.39, 0.29) is 30.7 Å². The van der Waals surface area contributed by atoms with Crippen molar-refractivity contribution in [3.8, 4) is 0 Å². The molecule has 3 aliphatic heterocycles. The van der Waals surface area contributed by atoms with Crippen LogP contribution in [0.4, 0.5) is 0 Å². The molecule has 0 amide bonds. The predicted octanol–water partition coefficient (Wildman–Crippen LogP) is 1.85. The highest BCUT2D eigenvalue weighted by Crippen LogP contribution is 2.42. The Morgan fingerprint density at radius 3 is 2.62 bits per heavy atom. The molecule has 0 radical (unpaired) electrons. The molecule has 3 fully saturated rings. The molecular weight excluding hydrogens is 272 g/mol. The van der Waals surface area contributed by atoms with E-state index in [9.17, 15) is 0 Å². The number of epoxide rings is 1. The number of hydrogen-bond donors (Lipinski definition) is 0. The first-order chi connectivity index (χ1) is 10.1. The van der Waals surface area contributed by atoms with Gasteiger partial charge >= 0.3 is 0 Å². The normalized spacial score (nSPS) is 40.2. The highest BCUT2D eigenvalue weighted by molar-refractivity contribution is 5.13. The molecule has 5 atom stereocenters. The van der Waals surface area contributed by atoms with E-state index in [2.05, 4.69) is 0 Å². The summed E-state index contributed by atoms with van der Waals surface area (Å²) in [5, 5.41) is 0. The van der Waals surface area contributed by atoms with Gasteiger partial charge in [0.05, 0.1) is 13.2 Å². The van der Waals surface area contributed by atoms with Gasteiger partial charge in [-0.3, -0.25) is 0 Å². The van der Waals surface area contributed by atoms with Crippen LogP contribution in [0, 0.1) is 0 Å². The largest absolute Gasteiger partial charge is 0.370 e. The van der Waals surface area contributed by atoms with Crippen LogP contribution in [0.3, 0.4) is 0 Å². The molecule has 0 aromatic heterocycles. The third kappa shape index (κ3) is 2.72. The van der Waals surface area contributed by atoms with Gasteiger partial charge in [0.2, 0.25) is 0 Å². The van der Waals surface area contributed by atoms with E-state index in [0.29, 0.717) is 6.61 Å². The molecule has 0 bridgehead atoms. The number of ether oxygens (including phenoxy) is 5. The fraction of sp³-hybridized carbons (Fsp3) is 0.625. The maximum atomic E-state index is 6.10. The van der Waals surface area contributed by atoms with E-state index in [4.69, 9.17) is 23.7 Å². The molecule has 1 aromatic rings. The van der Waals surface area contributed by atoms with Gasteiger partial charge in [0.15, 0.2) is 12.1 Å². The second-order valence-corrected chi connectivity index (χ2v) is 6.20. The molecule has 2 unspecified atom stereocenters. The summed E-state index contributed by atoms with van der Waals surface area (Å²) in [4.78, 5) is 0. The third-order valence-electron chi connectivity index (χ3n) is 4.04. The zero-order valence-corrected chi connectivity index (χ0v) is 12.2. The minimum absolute atomic E-state index is 0.103. The summed E-state index contributed by atoms with van der Waals surface area (Å²) in [7, 11) is 0. The van der Waals surface area contributed by atoms with Crippen molar-refractivity contribution >= 4 is 0 Å². The number of rotatable bonds is 4. The first-order valence-electron chi connectivity index (χ1n) is 7.41. The Hall–Kier alpha value is -0.980. The Balaban J connectivity index is 1.47. The van der Waals surface area contributed by atoms with Gasteiger partial charge in [-0.2, -0.15) is 0 Å². The summed E-state index contributed by atoms with van der Waals surface area (Å²) >= 11 is 0. The predicted molar refractivity (Wildman–Crippen MR) is 73.5 cm³/mol. The van der Waals surface area contributed by atoms with Crippen LogP contribution in [0.5, 0.6) is 0 Å². The topological polar surface area (TPSA) is 49.5 Å². The molecule has 3 saturated heterocycles. The van der Waals surface area contributed by atoms with Crippen molar-refractivity contribution in [1.82, 2.24) is 0 Å². The van der Waals surface area contributed by atoms with E-state index in [1.807, 2.05) is 44.2 Å². The highest BCUT2D eigenvalue weighted by Gasteiger charge is 2.59. The summed E-state index contributed by atoms with van der Waals surface area (Å²) in [6.45, 7) is 5.04. The van der Waals surface area contributed by atoms with Gasteiger partial charge in [-0.05, 0) is 19.4 Å². The summed E-state index contributed by atoms with van der Waals surface area (Å²) in [6.07, 6.45) is -0.733. The van der Waals surface area contributed by atoms with Gasteiger partial charge in [0.1, 0.15) is 24.4 Å². The molecule has 0 saturated carbocycles. The molecule has 3 heterocycles. The Labute approximate surface area is 124 Å². The SMILES string of the molecule is CC1(C)OC2[C@@H](O[C@H](C3CO3)[C@@H]2OCc2ccccc2)O1. The Bertz CT molecular complexity index is 499. The van der Waals surface area contributed by atoms with Crippen molar-refractivity contribution in [3.63, 3.8) is 0 Å². The minimum atomic E-state index is -0.626. The molecule has 1 aromatic carbocycles. The van der Waals surface area contributed by atoms with Gasteiger partial charge in [0, 0.05) is 0 Å². The van der Waals surface area contributed by atoms with Crippen LogP contribution in [0.25, 0.3) is 0 Å². The fourth-order valence-electron chi connectivity index (χ4n) is 3.01. The maximum Gasteiger partial charge on any atom is 0.190 e. The van der Waals surface area contributed by atoms with E-state index < -0.39 is 5.79 Å². The summed E-state index contributed by atoms with van der Waals surface area (Å²) < 4.78 is 29.2. The minimum Gasteiger partial charge on any atom is -0.370 e. The Morgan fingerprint density at radius 2 is 1.90 bits per heavy atom. The van der Waals surface area contributed by atoms with Gasteiger partial charge in [-0.1, -0.05) is 30.3 Å². The van der Waals surface area contributed by atoms with Crippen LogP contribution in [0.1, 0.15) is 19.4 Å². The van der Waals surface area contributed by atoms with Gasteiger partial charge in [-0.25, -0.2) is 0 Å². The van der Waals surface area contributed by atoms with Crippen molar-refractivity contribution < 1.29 is 23.7 Å². The maximum absolute atomic E-state index is 6.10. The molecular formula is C16H20O5. The van der Waals surface area contributed by atoms with Crippen LogP contribution >= 0.6 is 0 Å². The number of hydrogen-bond acceptors (Lipinski definition) is 5. The van der Waals surface area contributed by atoms with Crippen LogP contribution in [0.2, 0.25) is 0 Å². The standard InChI is InChI=1S/C16H20O5/c1-16(2)20-14-13(18-8-10-6-4-3-5-7-10)12(11-9-17-11)19-15(14)21-16/h3-7,11-15H,8-9H2,1-2H3/t11?,12-,13+,14?,15+/m1/s1. The average molecular weight is 292 g/mol. The van der Waals surface area contributed by atoms with E-state index >= 15 is 0 Å². The number of benzene rings is 1. The summed E-state index contributed by atoms with van der Waals surface area (Å²) in [5.41, 5.74) is 1.13. The molecule has 0 spiro atoms. The molecule has 21 heavy (non-hydrogen) atoms. The lowest BCUT2D eigenvalue weighted by Crippen LogP contribution is -2.39. The molecule has 3 aliphatic rings. The summed E-state index contributed by atoms with van der Waals surface area (Å²) in [6, 6.07) is 10.1. The van der Waals surface area contributed by atoms with E-state index in [0.717, 1.165) is 12.2 Å². The smallest absolute Gasteiger partial charge is 0.190 e. The molecule has 5 heteroatoms. The molecule has 4 rings (SSSR count).